The number of ether oxygens (including phenoxy) is 1. The van der Waals surface area contributed by atoms with Gasteiger partial charge in [-0.05, 0) is 53.8 Å². The molecule has 3 aromatic carbocycles. The van der Waals surface area contributed by atoms with Crippen molar-refractivity contribution in [3.05, 3.63) is 96.1 Å². The Hall–Kier alpha value is -3.45. The van der Waals surface area contributed by atoms with Crippen LogP contribution >= 0.6 is 0 Å². The lowest BCUT2D eigenvalue weighted by atomic mass is 10.1. The van der Waals surface area contributed by atoms with E-state index in [4.69, 9.17) is 4.74 Å². The van der Waals surface area contributed by atoms with Crippen molar-refractivity contribution >= 4 is 46.0 Å². The number of amides is 1. The molecule has 12 heteroatoms. The summed E-state index contributed by atoms with van der Waals surface area (Å²) in [5, 5.41) is 0. The lowest BCUT2D eigenvalue weighted by Gasteiger charge is -2.24. The number of hydrogen-bond donors (Lipinski definition) is 0. The van der Waals surface area contributed by atoms with Crippen molar-refractivity contribution in [1.29, 1.82) is 0 Å². The number of benzene rings is 3. The molecule has 234 valence electrons. The molecule has 1 atom stereocenters. The summed E-state index contributed by atoms with van der Waals surface area (Å²) in [6.07, 6.45) is 4.59. The van der Waals surface area contributed by atoms with Crippen LogP contribution in [0.25, 0.3) is 6.08 Å². The van der Waals surface area contributed by atoms with E-state index in [0.29, 0.717) is 37.0 Å². The van der Waals surface area contributed by atoms with Crippen molar-refractivity contribution in [1.82, 2.24) is 8.61 Å². The molecule has 2 aliphatic heterocycles. The van der Waals surface area contributed by atoms with Gasteiger partial charge in [-0.15, -0.1) is 0 Å². The minimum Gasteiger partial charge on any atom is -0.487 e. The molecule has 2 saturated heterocycles. The molecule has 9 nitrogen and oxygen atoms in total. The van der Waals surface area contributed by atoms with Gasteiger partial charge >= 0.3 is 10.2 Å². The molecule has 2 fully saturated rings. The molecule has 0 N–H and O–H groups in total. The van der Waals surface area contributed by atoms with Gasteiger partial charge in [0.05, 0.1) is 10.6 Å². The maximum Gasteiger partial charge on any atom is 0.329 e. The summed E-state index contributed by atoms with van der Waals surface area (Å²) < 4.78 is 63.1. The molecular formula is C32H39N3O6S2Si. The first-order chi connectivity index (χ1) is 20.8. The third-order valence-electron chi connectivity index (χ3n) is 7.80. The molecule has 2 aliphatic rings. The van der Waals surface area contributed by atoms with Gasteiger partial charge in [0, 0.05) is 27.7 Å². The largest absolute Gasteiger partial charge is 0.487 e. The van der Waals surface area contributed by atoms with Crippen LogP contribution in [0.2, 0.25) is 25.7 Å². The van der Waals surface area contributed by atoms with Gasteiger partial charge in [-0.3, -0.25) is 4.79 Å². The van der Waals surface area contributed by atoms with Crippen LogP contribution < -0.4 is 9.04 Å². The van der Waals surface area contributed by atoms with E-state index in [2.05, 4.69) is 19.6 Å². The van der Waals surface area contributed by atoms with E-state index in [0.717, 1.165) is 19.7 Å². The Labute approximate surface area is 262 Å². The Bertz CT molecular complexity index is 1730. The number of hydrogen-bond acceptors (Lipinski definition) is 6. The van der Waals surface area contributed by atoms with Crippen molar-refractivity contribution in [2.24, 2.45) is 5.92 Å². The van der Waals surface area contributed by atoms with Crippen molar-refractivity contribution in [3.8, 4) is 5.75 Å². The quantitative estimate of drug-likeness (QED) is 0.263. The van der Waals surface area contributed by atoms with E-state index in [1.807, 2.05) is 42.5 Å². The fourth-order valence-corrected chi connectivity index (χ4v) is 9.36. The van der Waals surface area contributed by atoms with Crippen LogP contribution in [0.5, 0.6) is 5.75 Å². The molecule has 0 radical (unpaired) electrons. The summed E-state index contributed by atoms with van der Waals surface area (Å²) >= 11 is 0. The highest BCUT2D eigenvalue weighted by Gasteiger charge is 2.44. The monoisotopic (exact) mass is 653 g/mol. The Morgan fingerprint density at radius 1 is 0.977 bits per heavy atom. The lowest BCUT2D eigenvalue weighted by Crippen LogP contribution is -2.37. The lowest BCUT2D eigenvalue weighted by molar-refractivity contribution is -0.123. The van der Waals surface area contributed by atoms with Gasteiger partial charge in [0.2, 0.25) is 10.0 Å². The third kappa shape index (κ3) is 7.25. The summed E-state index contributed by atoms with van der Waals surface area (Å²) in [5.74, 6) is -0.0741. The Balaban J connectivity index is 1.37. The van der Waals surface area contributed by atoms with Crippen LogP contribution in [0, 0.1) is 5.92 Å². The van der Waals surface area contributed by atoms with Gasteiger partial charge in [-0.25, -0.2) is 17.0 Å². The number of nitrogens with zero attached hydrogens (tertiary/aromatic N) is 3. The summed E-state index contributed by atoms with van der Waals surface area (Å²) in [6, 6.07) is 23.9. The Kier molecular flexibility index (Phi) is 9.35. The first kappa shape index (κ1) is 32.0. The summed E-state index contributed by atoms with van der Waals surface area (Å²) in [4.78, 5) is 13.2. The minimum atomic E-state index is -4.06. The van der Waals surface area contributed by atoms with Gasteiger partial charge in [0.1, 0.15) is 18.9 Å². The Morgan fingerprint density at radius 2 is 1.66 bits per heavy atom. The van der Waals surface area contributed by atoms with Crippen LogP contribution in [0.3, 0.4) is 0 Å². The van der Waals surface area contributed by atoms with E-state index in [9.17, 15) is 21.6 Å². The number of rotatable bonds is 11. The smallest absolute Gasteiger partial charge is 0.329 e. The highest BCUT2D eigenvalue weighted by Crippen LogP contribution is 2.36. The van der Waals surface area contributed by atoms with E-state index < -0.39 is 34.2 Å². The average molecular weight is 654 g/mol. The molecule has 0 bridgehead atoms. The first-order valence-electron chi connectivity index (χ1n) is 14.7. The number of carbonyl (C=O) groups is 1. The molecule has 1 amide bonds. The van der Waals surface area contributed by atoms with E-state index in [1.54, 1.807) is 48.5 Å². The van der Waals surface area contributed by atoms with Crippen LogP contribution in [-0.4, -0.2) is 65.6 Å². The van der Waals surface area contributed by atoms with Gasteiger partial charge in [0.25, 0.3) is 5.91 Å². The number of sulfonamides is 1. The number of anilines is 1. The first-order valence-corrected chi connectivity index (χ1v) is 21.3. The summed E-state index contributed by atoms with van der Waals surface area (Å²) in [5.41, 5.74) is 2.00. The fourth-order valence-electron chi connectivity index (χ4n) is 5.23. The normalized spacial score (nSPS) is 19.2. The maximum absolute atomic E-state index is 13.6. The molecule has 0 aliphatic carbocycles. The molecule has 2 heterocycles. The minimum absolute atomic E-state index is 0.0263. The highest BCUT2D eigenvalue weighted by molar-refractivity contribution is 7.91. The van der Waals surface area contributed by atoms with Gasteiger partial charge < -0.3 is 4.74 Å². The van der Waals surface area contributed by atoms with Crippen molar-refractivity contribution in [2.45, 2.75) is 43.6 Å². The van der Waals surface area contributed by atoms with Crippen molar-refractivity contribution < 1.29 is 26.4 Å². The molecule has 0 spiro atoms. The fraction of sp³-hybridized carbons (Fsp3) is 0.344. The van der Waals surface area contributed by atoms with Crippen molar-refractivity contribution in [2.75, 3.05) is 30.5 Å². The topological polar surface area (TPSA) is 104 Å². The van der Waals surface area contributed by atoms with Crippen LogP contribution in [0.15, 0.2) is 89.8 Å². The van der Waals surface area contributed by atoms with Gasteiger partial charge in [-0.1, -0.05) is 86.4 Å². The molecule has 5 rings (SSSR count). The van der Waals surface area contributed by atoms with E-state index >= 15 is 0 Å². The predicted molar refractivity (Wildman–Crippen MR) is 176 cm³/mol. The maximum atomic E-state index is 13.6. The number of carbonyl (C=O) groups excluding carboxylic acids is 1. The average Bonchev–Trinajstić information content (AvgIpc) is 3.56. The molecule has 3 aromatic rings. The summed E-state index contributed by atoms with van der Waals surface area (Å²) in [6.45, 7) is 7.36. The standard InChI is InChI=1S/C32H39N3O6S2Si/c1-44(2,3)21-20-34-32(36)24-35(43(34,39)40)30-17-16-26(22-31(30)41-25-28-10-6-4-7-11-28)14-15-27-18-19-33(23-27)42(37,38)29-12-8-5-9-13-29/h4-17,22,27H,18-21,23-25H2,1-3H3. The molecule has 0 aromatic heterocycles. The van der Waals surface area contributed by atoms with Gasteiger partial charge in [0.15, 0.2) is 0 Å². The van der Waals surface area contributed by atoms with Gasteiger partial charge in [-0.2, -0.15) is 12.7 Å². The molecular weight excluding hydrogens is 615 g/mol. The Morgan fingerprint density at radius 3 is 2.34 bits per heavy atom. The molecule has 1 unspecified atom stereocenters. The highest BCUT2D eigenvalue weighted by atomic mass is 32.2. The zero-order valence-electron chi connectivity index (χ0n) is 25.3. The molecule has 44 heavy (non-hydrogen) atoms. The second-order valence-electron chi connectivity index (χ2n) is 12.4. The van der Waals surface area contributed by atoms with Crippen molar-refractivity contribution in [3.63, 3.8) is 0 Å². The van der Waals surface area contributed by atoms with Crippen LogP contribution in [-0.2, 0) is 31.6 Å². The second-order valence-corrected chi connectivity index (χ2v) is 21.7. The SMILES string of the molecule is C[Si](C)(C)CCN1C(=O)CN(c2ccc(C=CC3CCN(S(=O)(=O)c4ccccc4)C3)cc2OCc2ccccc2)S1(=O)=O. The second kappa shape index (κ2) is 12.9. The summed E-state index contributed by atoms with van der Waals surface area (Å²) in [7, 11) is -9.20. The predicted octanol–water partition coefficient (Wildman–Crippen LogP) is 5.22. The third-order valence-corrected chi connectivity index (χ3v) is 13.2. The molecule has 0 saturated carbocycles. The van der Waals surface area contributed by atoms with Crippen LogP contribution in [0.1, 0.15) is 17.5 Å². The van der Waals surface area contributed by atoms with E-state index in [-0.39, 0.29) is 30.5 Å². The van der Waals surface area contributed by atoms with E-state index in [1.165, 1.54) is 4.31 Å². The zero-order valence-corrected chi connectivity index (χ0v) is 27.9. The zero-order chi connectivity index (χ0) is 31.5. The van der Waals surface area contributed by atoms with Crippen LogP contribution in [0.4, 0.5) is 5.69 Å².